The van der Waals surface area contributed by atoms with Gasteiger partial charge in [-0.15, -0.1) is 0 Å². The van der Waals surface area contributed by atoms with Crippen LogP contribution in [0.25, 0.3) is 6.08 Å². The summed E-state index contributed by atoms with van der Waals surface area (Å²) in [7, 11) is -3.50. The monoisotopic (exact) mass is 345 g/mol. The third-order valence-corrected chi connectivity index (χ3v) is 5.33. The average molecular weight is 345 g/mol. The molecule has 0 radical (unpaired) electrons. The predicted molar refractivity (Wildman–Crippen MR) is 93.0 cm³/mol. The lowest BCUT2D eigenvalue weighted by atomic mass is 10.2. The Hall–Kier alpha value is -2.31. The number of rotatable bonds is 6. The molecule has 2 aromatic carbocycles. The largest absolute Gasteiger partial charge is 0.454 e. The Bertz CT molecular complexity index is 831. The molecule has 0 N–H and O–H groups in total. The Morgan fingerprint density at radius 2 is 1.83 bits per heavy atom. The number of ether oxygens (including phenoxy) is 2. The molecule has 3 rings (SSSR count). The third-order valence-electron chi connectivity index (χ3n) is 3.74. The number of hydrogen-bond acceptors (Lipinski definition) is 4. The van der Waals surface area contributed by atoms with E-state index in [0.717, 1.165) is 11.1 Å². The summed E-state index contributed by atoms with van der Waals surface area (Å²) in [6.07, 6.45) is 1.61. The lowest BCUT2D eigenvalue weighted by Crippen LogP contribution is -2.28. The molecule has 126 valence electrons. The minimum Gasteiger partial charge on any atom is -0.454 e. The summed E-state index contributed by atoms with van der Waals surface area (Å²) in [5.41, 5.74) is 1.71. The summed E-state index contributed by atoms with van der Waals surface area (Å²) < 4.78 is 37.1. The molecule has 1 aliphatic heterocycles. The van der Waals surface area contributed by atoms with Gasteiger partial charge in [-0.05, 0) is 29.3 Å². The highest BCUT2D eigenvalue weighted by atomic mass is 32.2. The molecule has 0 fully saturated rings. The molecule has 0 aliphatic carbocycles. The maximum absolute atomic E-state index is 12.6. The van der Waals surface area contributed by atoms with E-state index in [4.69, 9.17) is 9.47 Å². The van der Waals surface area contributed by atoms with Gasteiger partial charge in [0.05, 0.1) is 0 Å². The smallest absolute Gasteiger partial charge is 0.236 e. The second-order valence-corrected chi connectivity index (χ2v) is 7.19. The summed E-state index contributed by atoms with van der Waals surface area (Å²) >= 11 is 0. The van der Waals surface area contributed by atoms with Crippen molar-refractivity contribution in [2.24, 2.45) is 0 Å². The molecule has 0 amide bonds. The minimum atomic E-state index is -3.50. The van der Waals surface area contributed by atoms with Gasteiger partial charge in [-0.3, -0.25) is 0 Å². The summed E-state index contributed by atoms with van der Waals surface area (Å²) in [6, 6.07) is 14.8. The van der Waals surface area contributed by atoms with Crippen molar-refractivity contribution in [2.75, 3.05) is 13.3 Å². The summed E-state index contributed by atoms with van der Waals surface area (Å²) in [5.74, 6) is 1.34. The van der Waals surface area contributed by atoms with Crippen molar-refractivity contribution in [3.8, 4) is 11.5 Å². The van der Waals surface area contributed by atoms with E-state index in [-0.39, 0.29) is 13.3 Å². The van der Waals surface area contributed by atoms with Gasteiger partial charge in [0.1, 0.15) is 0 Å². The molecule has 1 heterocycles. The zero-order chi connectivity index (χ0) is 17.0. The highest BCUT2D eigenvalue weighted by Gasteiger charge is 2.19. The molecule has 24 heavy (non-hydrogen) atoms. The minimum absolute atomic E-state index is 0.203. The van der Waals surface area contributed by atoms with Crippen LogP contribution in [0.5, 0.6) is 11.5 Å². The quantitative estimate of drug-likeness (QED) is 0.806. The Balaban J connectivity index is 1.76. The van der Waals surface area contributed by atoms with Crippen molar-refractivity contribution >= 4 is 16.1 Å². The molecule has 6 heteroatoms. The van der Waals surface area contributed by atoms with Gasteiger partial charge in [0.25, 0.3) is 0 Å². The zero-order valence-corrected chi connectivity index (χ0v) is 14.2. The van der Waals surface area contributed by atoms with Gasteiger partial charge < -0.3 is 9.47 Å². The Labute approximate surface area is 142 Å². The Morgan fingerprint density at radius 1 is 1.08 bits per heavy atom. The predicted octanol–water partition coefficient (Wildman–Crippen LogP) is 3.24. The van der Waals surface area contributed by atoms with Crippen LogP contribution in [0.4, 0.5) is 0 Å². The highest BCUT2D eigenvalue weighted by Crippen LogP contribution is 2.33. The zero-order valence-electron chi connectivity index (χ0n) is 13.4. The van der Waals surface area contributed by atoms with Gasteiger partial charge in [0, 0.05) is 18.5 Å². The van der Waals surface area contributed by atoms with Crippen LogP contribution in [-0.4, -0.2) is 26.1 Å². The first-order chi connectivity index (χ1) is 11.6. The molecule has 2 aromatic rings. The summed E-state index contributed by atoms with van der Waals surface area (Å²) in [4.78, 5) is 0. The fourth-order valence-corrected chi connectivity index (χ4v) is 3.63. The number of sulfonamides is 1. The Kier molecular flexibility index (Phi) is 4.87. The molecule has 0 saturated carbocycles. The molecule has 0 atom stereocenters. The number of nitrogens with zero attached hydrogens (tertiary/aromatic N) is 1. The topological polar surface area (TPSA) is 55.8 Å². The van der Waals surface area contributed by atoms with Gasteiger partial charge in [-0.1, -0.05) is 43.3 Å². The van der Waals surface area contributed by atoms with Gasteiger partial charge in [0.2, 0.25) is 16.8 Å². The van der Waals surface area contributed by atoms with Crippen LogP contribution in [0.3, 0.4) is 0 Å². The third kappa shape index (κ3) is 3.77. The van der Waals surface area contributed by atoms with E-state index < -0.39 is 10.0 Å². The van der Waals surface area contributed by atoms with Crippen LogP contribution in [0, 0.1) is 0 Å². The average Bonchev–Trinajstić information content (AvgIpc) is 3.06. The molecule has 1 aliphatic rings. The van der Waals surface area contributed by atoms with E-state index >= 15 is 0 Å². The maximum atomic E-state index is 12.6. The van der Waals surface area contributed by atoms with E-state index in [1.807, 2.05) is 49.4 Å². The molecule has 0 bridgehead atoms. The van der Waals surface area contributed by atoms with Crippen molar-refractivity contribution in [1.29, 1.82) is 0 Å². The SMILES string of the molecule is CCN(Cc1ccc2c(c1)OCO2)S(=O)(=O)/C=C/c1ccccc1. The summed E-state index contributed by atoms with van der Waals surface area (Å²) in [5, 5.41) is 1.25. The first-order valence-electron chi connectivity index (χ1n) is 7.70. The normalized spacial score (nSPS) is 13.8. The van der Waals surface area contributed by atoms with Gasteiger partial charge in [0.15, 0.2) is 11.5 Å². The van der Waals surface area contributed by atoms with E-state index in [9.17, 15) is 8.42 Å². The van der Waals surface area contributed by atoms with Crippen molar-refractivity contribution in [2.45, 2.75) is 13.5 Å². The Morgan fingerprint density at radius 3 is 2.58 bits per heavy atom. The first kappa shape index (κ1) is 16.5. The molecule has 0 saturated heterocycles. The van der Waals surface area contributed by atoms with E-state index in [1.54, 1.807) is 12.1 Å². The second-order valence-electron chi connectivity index (χ2n) is 5.37. The van der Waals surface area contributed by atoms with Crippen LogP contribution in [0.1, 0.15) is 18.1 Å². The number of fused-ring (bicyclic) bond motifs is 1. The van der Waals surface area contributed by atoms with Gasteiger partial charge in [-0.2, -0.15) is 4.31 Å². The lowest BCUT2D eigenvalue weighted by molar-refractivity contribution is 0.174. The first-order valence-corrected chi connectivity index (χ1v) is 9.20. The lowest BCUT2D eigenvalue weighted by Gasteiger charge is -2.18. The second kappa shape index (κ2) is 7.07. The van der Waals surface area contributed by atoms with E-state index in [0.29, 0.717) is 18.0 Å². The fourth-order valence-electron chi connectivity index (χ4n) is 2.44. The molecule has 0 aromatic heterocycles. The van der Waals surface area contributed by atoms with Crippen LogP contribution in [0.15, 0.2) is 53.9 Å². The van der Waals surface area contributed by atoms with Crippen LogP contribution < -0.4 is 9.47 Å². The van der Waals surface area contributed by atoms with Crippen molar-refractivity contribution in [3.63, 3.8) is 0 Å². The molecule has 5 nitrogen and oxygen atoms in total. The van der Waals surface area contributed by atoms with Gasteiger partial charge >= 0.3 is 0 Å². The molecule has 0 unspecified atom stereocenters. The molecular formula is C18H19NO4S. The van der Waals surface area contributed by atoms with Crippen molar-refractivity contribution in [3.05, 3.63) is 65.1 Å². The van der Waals surface area contributed by atoms with Gasteiger partial charge in [-0.25, -0.2) is 8.42 Å². The van der Waals surface area contributed by atoms with Crippen LogP contribution in [0.2, 0.25) is 0 Å². The highest BCUT2D eigenvalue weighted by molar-refractivity contribution is 7.92. The van der Waals surface area contributed by atoms with E-state index in [1.165, 1.54) is 9.71 Å². The van der Waals surface area contributed by atoms with Crippen LogP contribution >= 0.6 is 0 Å². The van der Waals surface area contributed by atoms with Crippen LogP contribution in [-0.2, 0) is 16.6 Å². The fraction of sp³-hybridized carbons (Fsp3) is 0.222. The van der Waals surface area contributed by atoms with E-state index in [2.05, 4.69) is 0 Å². The molecular weight excluding hydrogens is 326 g/mol. The summed E-state index contributed by atoms with van der Waals surface area (Å²) in [6.45, 7) is 2.69. The van der Waals surface area contributed by atoms with Crippen molar-refractivity contribution < 1.29 is 17.9 Å². The maximum Gasteiger partial charge on any atom is 0.236 e. The standard InChI is InChI=1S/C18H19NO4S/c1-2-19(13-16-8-9-17-18(12-16)23-14-22-17)24(20,21)11-10-15-6-4-3-5-7-15/h3-12H,2,13-14H2,1H3/b11-10+. The number of benzene rings is 2. The molecule has 0 spiro atoms. The van der Waals surface area contributed by atoms with Crippen molar-refractivity contribution in [1.82, 2.24) is 4.31 Å². The number of hydrogen-bond donors (Lipinski definition) is 0.